The molecule has 29 heavy (non-hydrogen) atoms. The first-order valence-electron chi connectivity index (χ1n) is 7.69. The molecule has 0 saturated heterocycles. The first-order valence-corrected chi connectivity index (χ1v) is 11.2. The van der Waals surface area contributed by atoms with Gasteiger partial charge in [-0.05, 0) is 42.5 Å². The van der Waals surface area contributed by atoms with Gasteiger partial charge in [-0.1, -0.05) is 12.1 Å². The van der Waals surface area contributed by atoms with Crippen LogP contribution in [0, 0.1) is 0 Å². The van der Waals surface area contributed by atoms with E-state index in [1.807, 2.05) is 0 Å². The van der Waals surface area contributed by atoms with Crippen molar-refractivity contribution in [1.29, 1.82) is 0 Å². The molecule has 0 bridgehead atoms. The Kier molecular flexibility index (Phi) is 5.38. The summed E-state index contributed by atoms with van der Waals surface area (Å²) in [5.41, 5.74) is 0.412. The number of nitrogens with two attached hydrogens (primary N) is 2. The number of para-hydroxylation sites is 1. The summed E-state index contributed by atoms with van der Waals surface area (Å²) in [5.74, 6) is -0.372. The van der Waals surface area contributed by atoms with Gasteiger partial charge in [-0.15, -0.1) is 10.2 Å². The van der Waals surface area contributed by atoms with Crippen LogP contribution in [0.4, 0.5) is 11.4 Å². The number of nitrogens with one attached hydrogen (secondary N) is 2. The average molecular weight is 455 g/mol. The summed E-state index contributed by atoms with van der Waals surface area (Å²) in [6.07, 6.45) is 0. The first kappa shape index (κ1) is 20.8. The molecule has 14 heteroatoms. The van der Waals surface area contributed by atoms with Gasteiger partial charge in [-0.25, -0.2) is 27.1 Å². The van der Waals surface area contributed by atoms with Gasteiger partial charge >= 0.3 is 0 Å². The topological polar surface area (TPSA) is 193 Å². The molecular weight excluding hydrogens is 440 g/mol. The fraction of sp³-hybridized carbons (Fsp3) is 0. The Morgan fingerprint density at radius 2 is 1.76 bits per heavy atom. The maximum Gasteiger partial charge on any atom is 0.240 e. The number of hydrogen-bond donors (Lipinski definition) is 5. The molecule has 0 radical (unpaired) electrons. The largest absolute Gasteiger partial charge is 0.493 e. The number of nitrogens with zero attached hydrogens (tertiary/aromatic N) is 2. The van der Waals surface area contributed by atoms with Crippen molar-refractivity contribution in [3.05, 3.63) is 42.5 Å². The Labute approximate surface area is 170 Å². The van der Waals surface area contributed by atoms with Crippen molar-refractivity contribution < 1.29 is 21.9 Å². The van der Waals surface area contributed by atoms with E-state index in [0.29, 0.717) is 5.52 Å². The number of aromatic hydroxyl groups is 1. The molecule has 0 spiro atoms. The molecule has 3 rings (SSSR count). The summed E-state index contributed by atoms with van der Waals surface area (Å²) in [7, 11) is -7.97. The first-order chi connectivity index (χ1) is 13.5. The fourth-order valence-electron chi connectivity index (χ4n) is 2.47. The number of anilines is 1. The Bertz CT molecular complexity index is 1360. The van der Waals surface area contributed by atoms with Crippen LogP contribution in [0.5, 0.6) is 5.88 Å². The smallest absolute Gasteiger partial charge is 0.240 e. The molecule has 0 amide bonds. The van der Waals surface area contributed by atoms with Crippen LogP contribution in [0.25, 0.3) is 10.9 Å². The Balaban J connectivity index is 1.94. The molecule has 152 valence electrons. The minimum Gasteiger partial charge on any atom is -0.493 e. The van der Waals surface area contributed by atoms with Crippen LogP contribution >= 0.6 is 12.2 Å². The lowest BCUT2D eigenvalue weighted by atomic mass is 10.2. The van der Waals surface area contributed by atoms with Crippen molar-refractivity contribution in [3.63, 3.8) is 0 Å². The van der Waals surface area contributed by atoms with Crippen LogP contribution in [-0.2, 0) is 20.0 Å². The van der Waals surface area contributed by atoms with Gasteiger partial charge in [-0.3, -0.25) is 0 Å². The van der Waals surface area contributed by atoms with Crippen LogP contribution in [-0.4, -0.2) is 32.0 Å². The number of primary sulfonamides is 2. The second-order valence-corrected chi connectivity index (χ2v) is 9.22. The van der Waals surface area contributed by atoms with E-state index in [1.165, 1.54) is 36.4 Å². The molecule has 1 aromatic heterocycles. The second kappa shape index (κ2) is 7.49. The fourth-order valence-corrected chi connectivity index (χ4v) is 3.86. The minimum absolute atomic E-state index is 0.0746. The Hall–Kier alpha value is -2.91. The van der Waals surface area contributed by atoms with E-state index in [1.54, 1.807) is 6.07 Å². The van der Waals surface area contributed by atoms with Gasteiger partial charge in [-0.2, -0.15) is 0 Å². The second-order valence-electron chi connectivity index (χ2n) is 5.75. The molecular formula is C15H14N6O5S3. The van der Waals surface area contributed by atoms with Crippen molar-refractivity contribution in [3.8, 4) is 5.88 Å². The van der Waals surface area contributed by atoms with E-state index in [2.05, 4.69) is 20.5 Å². The summed E-state index contributed by atoms with van der Waals surface area (Å²) in [6.45, 7) is 0. The number of thiocarbonyl (C=S) groups is 1. The van der Waals surface area contributed by atoms with Gasteiger partial charge in [0.25, 0.3) is 0 Å². The number of fused-ring (bicyclic) bond motifs is 1. The number of rotatable bonds is 4. The number of aromatic amines is 1. The van der Waals surface area contributed by atoms with Crippen molar-refractivity contribution in [1.82, 2.24) is 4.98 Å². The summed E-state index contributed by atoms with van der Waals surface area (Å²) in [5, 5.41) is 30.5. The lowest BCUT2D eigenvalue weighted by Gasteiger charge is -2.08. The molecule has 0 saturated carbocycles. The van der Waals surface area contributed by atoms with Gasteiger partial charge in [0.2, 0.25) is 31.0 Å². The number of sulfonamides is 2. The van der Waals surface area contributed by atoms with Crippen molar-refractivity contribution in [2.45, 2.75) is 9.79 Å². The van der Waals surface area contributed by atoms with Crippen molar-refractivity contribution in [2.24, 2.45) is 20.5 Å². The highest BCUT2D eigenvalue weighted by atomic mass is 32.2. The highest BCUT2D eigenvalue weighted by Gasteiger charge is 2.16. The zero-order valence-electron chi connectivity index (χ0n) is 14.4. The number of azo groups is 1. The van der Waals surface area contributed by atoms with E-state index in [4.69, 9.17) is 22.5 Å². The Morgan fingerprint density at radius 1 is 1.07 bits per heavy atom. The van der Waals surface area contributed by atoms with Crippen molar-refractivity contribution in [2.75, 3.05) is 5.32 Å². The molecule has 2 aromatic carbocycles. The zero-order chi connectivity index (χ0) is 21.4. The van der Waals surface area contributed by atoms with Crippen LogP contribution in [0.1, 0.15) is 0 Å². The van der Waals surface area contributed by atoms with E-state index < -0.39 is 20.0 Å². The molecule has 3 aromatic rings. The predicted octanol–water partition coefficient (Wildman–Crippen LogP) is 1.65. The molecule has 0 aliphatic heterocycles. The highest BCUT2D eigenvalue weighted by Crippen LogP contribution is 2.36. The van der Waals surface area contributed by atoms with Gasteiger partial charge < -0.3 is 15.4 Å². The van der Waals surface area contributed by atoms with Gasteiger partial charge in [0.05, 0.1) is 16.1 Å². The minimum atomic E-state index is -4.00. The third-order valence-electron chi connectivity index (χ3n) is 3.73. The third kappa shape index (κ3) is 4.57. The highest BCUT2D eigenvalue weighted by molar-refractivity contribution is 7.89. The van der Waals surface area contributed by atoms with E-state index in [-0.39, 0.29) is 37.5 Å². The lowest BCUT2D eigenvalue weighted by Crippen LogP contribution is -2.16. The van der Waals surface area contributed by atoms with Crippen LogP contribution in [0.3, 0.4) is 0 Å². The molecule has 0 unspecified atom stereocenters. The third-order valence-corrected chi connectivity index (χ3v) is 5.79. The molecule has 0 fully saturated rings. The van der Waals surface area contributed by atoms with Gasteiger partial charge in [0.15, 0.2) is 5.69 Å². The molecule has 1 heterocycles. The number of benzene rings is 2. The van der Waals surface area contributed by atoms with Crippen LogP contribution in [0.2, 0.25) is 0 Å². The van der Waals surface area contributed by atoms with E-state index in [0.717, 1.165) is 0 Å². The quantitative estimate of drug-likeness (QED) is 0.292. The average Bonchev–Trinajstić information content (AvgIpc) is 2.93. The number of hydrogen-bond acceptors (Lipinski definition) is 7. The molecule has 11 nitrogen and oxygen atoms in total. The monoisotopic (exact) mass is 454 g/mol. The molecule has 0 atom stereocenters. The molecule has 0 aliphatic carbocycles. The Morgan fingerprint density at radius 3 is 2.41 bits per heavy atom. The summed E-state index contributed by atoms with van der Waals surface area (Å²) in [4.78, 5) is 2.25. The summed E-state index contributed by atoms with van der Waals surface area (Å²) < 4.78 is 46.3. The zero-order valence-corrected chi connectivity index (χ0v) is 16.8. The molecule has 0 aliphatic rings. The van der Waals surface area contributed by atoms with Crippen LogP contribution < -0.4 is 15.6 Å². The summed E-state index contributed by atoms with van der Waals surface area (Å²) >= 11 is 5.03. The number of aromatic nitrogens is 1. The predicted molar refractivity (Wildman–Crippen MR) is 110 cm³/mol. The maximum atomic E-state index is 11.6. The van der Waals surface area contributed by atoms with Gasteiger partial charge in [0.1, 0.15) is 4.90 Å². The lowest BCUT2D eigenvalue weighted by molar-refractivity contribution is 0.459. The SMILES string of the molecule is NS(=O)(=O)c1ccc2[nH]c(O)c(N=NC(=S)Nc3ccccc3S(N)(=O)=O)c2c1. The van der Waals surface area contributed by atoms with Crippen LogP contribution in [0.15, 0.2) is 62.5 Å². The van der Waals surface area contributed by atoms with Gasteiger partial charge in [0, 0.05) is 5.39 Å². The summed E-state index contributed by atoms with van der Waals surface area (Å²) in [6, 6.07) is 9.68. The van der Waals surface area contributed by atoms with Crippen molar-refractivity contribution >= 4 is 59.7 Å². The molecule has 7 N–H and O–H groups in total. The van der Waals surface area contributed by atoms with E-state index >= 15 is 0 Å². The normalized spacial score (nSPS) is 12.5. The standard InChI is InChI=1S/C15H14N6O5S3/c16-28(23,24)8-5-6-10-9(7-8)13(14(22)18-10)20-21-15(27)19-11-3-1-2-4-12(11)29(17,25)26/h1-7,18,22H,(H,19,27)(H2,16,23,24)(H2,17,25,26). The van der Waals surface area contributed by atoms with E-state index in [9.17, 15) is 21.9 Å². The maximum absolute atomic E-state index is 11.6. The number of H-pyrrole nitrogens is 1.